The highest BCUT2D eigenvalue weighted by molar-refractivity contribution is 6.76. The first-order valence-corrected chi connectivity index (χ1v) is 19.0. The molecule has 19 heteroatoms. The number of nitro groups is 1. The number of urea groups is 1. The van der Waals surface area contributed by atoms with Crippen LogP contribution in [-0.4, -0.2) is 85.1 Å². The molecule has 0 aliphatic rings. The van der Waals surface area contributed by atoms with Gasteiger partial charge in [0.25, 0.3) is 0 Å². The van der Waals surface area contributed by atoms with Crippen molar-refractivity contribution in [3.05, 3.63) is 44.8 Å². The van der Waals surface area contributed by atoms with E-state index in [4.69, 9.17) is 42.1 Å². The normalized spacial score (nSPS) is 11.6. The number of halogens is 2. The number of nitrogens with zero attached hydrogens (tertiary/aromatic N) is 8. The number of anilines is 4. The van der Waals surface area contributed by atoms with E-state index in [1.54, 1.807) is 20.8 Å². The average molecular weight is 728 g/mol. The first-order valence-electron chi connectivity index (χ1n) is 14.6. The Balaban J connectivity index is 2.13. The highest BCUT2D eigenvalue weighted by Crippen LogP contribution is 2.46. The van der Waals surface area contributed by atoms with Crippen LogP contribution < -0.4 is 24.2 Å². The molecule has 0 aliphatic heterocycles. The summed E-state index contributed by atoms with van der Waals surface area (Å²) in [5.74, 6) is -0.122. The predicted molar refractivity (Wildman–Crippen MR) is 185 cm³/mol. The smallest absolute Gasteiger partial charge is 0.422 e. The third-order valence-electron chi connectivity index (χ3n) is 6.54. The summed E-state index contributed by atoms with van der Waals surface area (Å²) >= 11 is 13.4. The van der Waals surface area contributed by atoms with E-state index in [1.807, 2.05) is 0 Å². The van der Waals surface area contributed by atoms with Gasteiger partial charge in [-0.25, -0.2) is 24.5 Å². The summed E-state index contributed by atoms with van der Waals surface area (Å²) < 4.78 is 23.5. The van der Waals surface area contributed by atoms with Gasteiger partial charge in [0.05, 0.1) is 24.8 Å². The Morgan fingerprint density at radius 2 is 1.62 bits per heavy atom. The Bertz CT molecular complexity index is 1630. The van der Waals surface area contributed by atoms with E-state index in [0.717, 1.165) is 28.4 Å². The minimum absolute atomic E-state index is 0.00801. The van der Waals surface area contributed by atoms with Crippen LogP contribution in [0, 0.1) is 10.1 Å². The van der Waals surface area contributed by atoms with Gasteiger partial charge >= 0.3 is 17.8 Å². The standard InChI is InChI=1S/C29H40Cl2N8O8Si/c1-29(2,3)47-28(41)38(26-18(39(42)43)15-35(4)34-26)22-14-21(32-16-33-22)36(5)27(40)37(17-46-11-12-48(8,9)10)25-23(30)19(44-6)13-20(45-7)24(25)31/h13-16H,11-12,17H2,1-10H3. The third kappa shape index (κ3) is 9.24. The largest absolute Gasteiger partial charge is 0.495 e. The van der Waals surface area contributed by atoms with Crippen LogP contribution in [0.5, 0.6) is 11.5 Å². The van der Waals surface area contributed by atoms with E-state index < -0.39 is 36.4 Å². The van der Waals surface area contributed by atoms with Crippen molar-refractivity contribution < 1.29 is 33.5 Å². The van der Waals surface area contributed by atoms with Gasteiger partial charge in [-0.05, 0) is 26.8 Å². The van der Waals surface area contributed by atoms with Crippen LogP contribution >= 0.6 is 23.2 Å². The zero-order valence-electron chi connectivity index (χ0n) is 28.5. The predicted octanol–water partition coefficient (Wildman–Crippen LogP) is 6.89. The highest BCUT2D eigenvalue weighted by atomic mass is 35.5. The minimum Gasteiger partial charge on any atom is -0.495 e. The molecule has 0 saturated carbocycles. The minimum atomic E-state index is -1.48. The number of carbonyl (C=O) groups is 2. The van der Waals surface area contributed by atoms with Gasteiger partial charge in [-0.3, -0.25) is 24.6 Å². The molecule has 48 heavy (non-hydrogen) atoms. The molecule has 0 N–H and O–H groups in total. The fourth-order valence-electron chi connectivity index (χ4n) is 4.13. The molecule has 0 unspecified atom stereocenters. The summed E-state index contributed by atoms with van der Waals surface area (Å²) in [6.07, 6.45) is 1.23. The summed E-state index contributed by atoms with van der Waals surface area (Å²) in [5.41, 5.74) is -1.40. The van der Waals surface area contributed by atoms with E-state index in [2.05, 4.69) is 34.7 Å². The molecule has 0 spiro atoms. The molecule has 0 radical (unpaired) electrons. The second-order valence-corrected chi connectivity index (χ2v) is 19.1. The zero-order valence-corrected chi connectivity index (χ0v) is 31.0. The quantitative estimate of drug-likeness (QED) is 0.0626. The molecule has 2 heterocycles. The molecule has 0 atom stereocenters. The summed E-state index contributed by atoms with van der Waals surface area (Å²) in [7, 11) is 4.22. The first-order chi connectivity index (χ1) is 22.3. The molecule has 2 aromatic heterocycles. The number of aryl methyl sites for hydroxylation is 1. The van der Waals surface area contributed by atoms with E-state index in [-0.39, 0.29) is 51.4 Å². The lowest BCUT2D eigenvalue weighted by molar-refractivity contribution is -0.384. The van der Waals surface area contributed by atoms with Gasteiger partial charge in [0.2, 0.25) is 5.82 Å². The number of ether oxygens (including phenoxy) is 4. The van der Waals surface area contributed by atoms with Crippen LogP contribution in [0.1, 0.15) is 20.8 Å². The van der Waals surface area contributed by atoms with Gasteiger partial charge in [-0.15, -0.1) is 5.10 Å². The van der Waals surface area contributed by atoms with Crippen molar-refractivity contribution in [2.45, 2.75) is 52.1 Å². The SMILES string of the molecule is COc1cc(OC)c(Cl)c(N(COCC[Si](C)(C)C)C(=O)N(C)c2cc(N(C(=O)OC(C)(C)C)c3nn(C)cc3[N+](=O)[O-])ncn2)c1Cl. The number of hydrogen-bond donors (Lipinski definition) is 0. The topological polar surface area (TPSA) is 168 Å². The molecule has 0 aliphatic carbocycles. The molecule has 0 bridgehead atoms. The fraction of sp³-hybridized carbons (Fsp3) is 0.483. The Kier molecular flexibility index (Phi) is 12.2. The highest BCUT2D eigenvalue weighted by Gasteiger charge is 2.35. The molecule has 3 aromatic rings. The third-order valence-corrected chi connectivity index (χ3v) is 8.98. The van der Waals surface area contributed by atoms with Crippen molar-refractivity contribution in [1.29, 1.82) is 0 Å². The molecule has 3 rings (SSSR count). The second kappa shape index (κ2) is 15.4. The van der Waals surface area contributed by atoms with E-state index in [1.165, 1.54) is 50.0 Å². The molecule has 0 saturated heterocycles. The van der Waals surface area contributed by atoms with E-state index in [0.29, 0.717) is 6.61 Å². The van der Waals surface area contributed by atoms with Crippen LogP contribution in [0.2, 0.25) is 35.7 Å². The maximum atomic E-state index is 14.3. The zero-order chi connectivity index (χ0) is 36.1. The Labute approximate surface area is 289 Å². The van der Waals surface area contributed by atoms with Gasteiger partial charge in [-0.1, -0.05) is 42.8 Å². The van der Waals surface area contributed by atoms with Crippen molar-refractivity contribution in [2.24, 2.45) is 7.05 Å². The summed E-state index contributed by atoms with van der Waals surface area (Å²) in [4.78, 5) is 50.5. The van der Waals surface area contributed by atoms with Gasteiger partial charge in [0.1, 0.15) is 58.0 Å². The number of benzene rings is 1. The van der Waals surface area contributed by atoms with Gasteiger partial charge < -0.3 is 18.9 Å². The fourth-order valence-corrected chi connectivity index (χ4v) is 5.59. The number of hydrogen-bond acceptors (Lipinski definition) is 11. The molecule has 3 amide bonds. The van der Waals surface area contributed by atoms with Gasteiger partial charge in [0, 0.05) is 40.9 Å². The number of methoxy groups -OCH3 is 2. The Morgan fingerprint density at radius 1 is 1.04 bits per heavy atom. The van der Waals surface area contributed by atoms with Crippen molar-refractivity contribution >= 4 is 72.2 Å². The Hall–Kier alpha value is -4.19. The maximum Gasteiger partial charge on any atom is 0.422 e. The molecular formula is C29H40Cl2N8O8Si. The number of aromatic nitrogens is 4. The summed E-state index contributed by atoms with van der Waals surface area (Å²) in [6.45, 7) is 11.6. The lowest BCUT2D eigenvalue weighted by Gasteiger charge is -2.30. The van der Waals surface area contributed by atoms with Gasteiger partial charge in [0.15, 0.2) is 0 Å². The van der Waals surface area contributed by atoms with Gasteiger partial charge in [-0.2, -0.15) is 0 Å². The monoisotopic (exact) mass is 726 g/mol. The van der Waals surface area contributed by atoms with E-state index >= 15 is 0 Å². The van der Waals surface area contributed by atoms with Crippen LogP contribution in [0.3, 0.4) is 0 Å². The van der Waals surface area contributed by atoms with Crippen LogP contribution in [0.4, 0.5) is 38.4 Å². The molecule has 16 nitrogen and oxygen atoms in total. The van der Waals surface area contributed by atoms with Crippen molar-refractivity contribution in [3.8, 4) is 11.5 Å². The number of carbonyl (C=O) groups excluding carboxylic acids is 2. The van der Waals surface area contributed by atoms with Crippen molar-refractivity contribution in [3.63, 3.8) is 0 Å². The number of rotatable bonds is 12. The van der Waals surface area contributed by atoms with Crippen LogP contribution in [-0.2, 0) is 16.5 Å². The lowest BCUT2D eigenvalue weighted by atomic mass is 10.2. The van der Waals surface area contributed by atoms with E-state index in [9.17, 15) is 19.7 Å². The average Bonchev–Trinajstić information content (AvgIpc) is 3.37. The van der Waals surface area contributed by atoms with Crippen LogP contribution in [0.15, 0.2) is 24.7 Å². The molecule has 0 fully saturated rings. The number of amides is 3. The Morgan fingerprint density at radius 3 is 2.15 bits per heavy atom. The van der Waals surface area contributed by atoms with Crippen molar-refractivity contribution in [2.75, 3.05) is 49.3 Å². The maximum absolute atomic E-state index is 14.3. The second-order valence-electron chi connectivity index (χ2n) is 12.7. The molecular weight excluding hydrogens is 687 g/mol. The summed E-state index contributed by atoms with van der Waals surface area (Å²) in [6, 6.07) is 2.90. The van der Waals surface area contributed by atoms with Crippen LogP contribution in [0.25, 0.3) is 0 Å². The first kappa shape index (κ1) is 38.3. The molecule has 1 aromatic carbocycles. The molecule has 262 valence electrons. The summed E-state index contributed by atoms with van der Waals surface area (Å²) in [5, 5.41) is 16.1. The van der Waals surface area contributed by atoms with Crippen molar-refractivity contribution in [1.82, 2.24) is 19.7 Å². The lowest BCUT2D eigenvalue weighted by Crippen LogP contribution is -2.44.